The van der Waals surface area contributed by atoms with E-state index in [0.29, 0.717) is 17.3 Å². The molecule has 2 aromatic carbocycles. The molecule has 0 aliphatic rings. The SMILES string of the molecule is COc1ccc(-c2cccc(CC(=O)Nc3[c]cc(-c4cn[nH]c4)cc3N)c2)cn1. The first-order chi connectivity index (χ1) is 14.6. The number of aromatic amines is 1. The third-order valence-electron chi connectivity index (χ3n) is 4.64. The van der Waals surface area contributed by atoms with Gasteiger partial charge in [0.1, 0.15) is 0 Å². The van der Waals surface area contributed by atoms with E-state index in [1.54, 1.807) is 43.9 Å². The molecule has 0 spiro atoms. The monoisotopic (exact) mass is 398 g/mol. The molecular weight excluding hydrogens is 378 g/mol. The predicted octanol–water partition coefficient (Wildman–Crippen LogP) is 3.71. The molecule has 0 unspecified atom stereocenters. The third-order valence-corrected chi connectivity index (χ3v) is 4.64. The zero-order valence-electron chi connectivity index (χ0n) is 16.3. The predicted molar refractivity (Wildman–Crippen MR) is 116 cm³/mol. The second-order valence-electron chi connectivity index (χ2n) is 6.72. The average Bonchev–Trinajstić information content (AvgIpc) is 3.30. The van der Waals surface area contributed by atoms with Crippen LogP contribution in [0.2, 0.25) is 0 Å². The van der Waals surface area contributed by atoms with E-state index in [1.165, 1.54) is 0 Å². The molecule has 0 saturated heterocycles. The summed E-state index contributed by atoms with van der Waals surface area (Å²) in [4.78, 5) is 16.8. The number of nitrogen functional groups attached to an aromatic ring is 1. The number of nitrogens with two attached hydrogens (primary N) is 1. The maximum Gasteiger partial charge on any atom is 0.228 e. The molecule has 0 aliphatic carbocycles. The molecule has 0 fully saturated rings. The van der Waals surface area contributed by atoms with Crippen LogP contribution in [-0.4, -0.2) is 28.2 Å². The van der Waals surface area contributed by atoms with Crippen LogP contribution in [0, 0.1) is 6.07 Å². The lowest BCUT2D eigenvalue weighted by Gasteiger charge is -2.10. The minimum atomic E-state index is -0.168. The number of carbonyl (C=O) groups excluding carboxylic acids is 1. The molecule has 0 saturated carbocycles. The number of anilines is 2. The maximum atomic E-state index is 12.5. The fraction of sp³-hybridized carbons (Fsp3) is 0.0870. The smallest absolute Gasteiger partial charge is 0.228 e. The highest BCUT2D eigenvalue weighted by Crippen LogP contribution is 2.26. The molecule has 4 N–H and O–H groups in total. The van der Waals surface area contributed by atoms with Crippen molar-refractivity contribution in [2.24, 2.45) is 0 Å². The van der Waals surface area contributed by atoms with Crippen molar-refractivity contribution in [2.75, 3.05) is 18.2 Å². The molecule has 0 bridgehead atoms. The number of methoxy groups -OCH3 is 1. The van der Waals surface area contributed by atoms with Crippen LogP contribution in [0.15, 0.2) is 67.1 Å². The summed E-state index contributed by atoms with van der Waals surface area (Å²) in [5, 5.41) is 9.52. The third kappa shape index (κ3) is 4.30. The minimum Gasteiger partial charge on any atom is -0.481 e. The lowest BCUT2D eigenvalue weighted by molar-refractivity contribution is -0.115. The molecule has 1 radical (unpaired) electrons. The van der Waals surface area contributed by atoms with Gasteiger partial charge in [-0.3, -0.25) is 9.89 Å². The van der Waals surface area contributed by atoms with Crippen LogP contribution < -0.4 is 15.8 Å². The molecule has 4 aromatic rings. The summed E-state index contributed by atoms with van der Waals surface area (Å²) in [6, 6.07) is 18.1. The van der Waals surface area contributed by atoms with E-state index in [9.17, 15) is 4.79 Å². The van der Waals surface area contributed by atoms with Crippen molar-refractivity contribution in [1.82, 2.24) is 15.2 Å². The van der Waals surface area contributed by atoms with Gasteiger partial charge in [-0.1, -0.05) is 24.3 Å². The number of benzene rings is 2. The first kappa shape index (κ1) is 19.2. The van der Waals surface area contributed by atoms with Gasteiger partial charge >= 0.3 is 0 Å². The van der Waals surface area contributed by atoms with Crippen molar-refractivity contribution in [3.63, 3.8) is 0 Å². The Morgan fingerprint density at radius 1 is 1.13 bits per heavy atom. The van der Waals surface area contributed by atoms with Crippen LogP contribution in [0.1, 0.15) is 5.56 Å². The number of aromatic nitrogens is 3. The largest absolute Gasteiger partial charge is 0.481 e. The summed E-state index contributed by atoms with van der Waals surface area (Å²) >= 11 is 0. The molecular formula is C23H20N5O2. The first-order valence-electron chi connectivity index (χ1n) is 9.32. The normalized spacial score (nSPS) is 10.6. The Balaban J connectivity index is 1.45. The minimum absolute atomic E-state index is 0.168. The van der Waals surface area contributed by atoms with Gasteiger partial charge in [-0.2, -0.15) is 5.10 Å². The van der Waals surface area contributed by atoms with Crippen molar-refractivity contribution in [2.45, 2.75) is 6.42 Å². The van der Waals surface area contributed by atoms with Crippen molar-refractivity contribution in [3.05, 3.63) is 78.8 Å². The zero-order valence-corrected chi connectivity index (χ0v) is 16.3. The molecule has 4 rings (SSSR count). The first-order valence-corrected chi connectivity index (χ1v) is 9.32. The fourth-order valence-electron chi connectivity index (χ4n) is 3.10. The van der Waals surface area contributed by atoms with E-state index in [2.05, 4.69) is 26.6 Å². The highest BCUT2D eigenvalue weighted by molar-refractivity contribution is 5.95. The van der Waals surface area contributed by atoms with Crippen LogP contribution >= 0.6 is 0 Å². The zero-order chi connectivity index (χ0) is 20.9. The van der Waals surface area contributed by atoms with Gasteiger partial charge in [0.2, 0.25) is 11.8 Å². The Morgan fingerprint density at radius 3 is 2.73 bits per heavy atom. The number of nitrogens with zero attached hydrogens (tertiary/aromatic N) is 2. The summed E-state index contributed by atoms with van der Waals surface area (Å²) in [6.45, 7) is 0. The molecule has 2 aromatic heterocycles. The molecule has 30 heavy (non-hydrogen) atoms. The Kier molecular flexibility index (Phi) is 5.43. The van der Waals surface area contributed by atoms with E-state index < -0.39 is 0 Å². The van der Waals surface area contributed by atoms with Crippen LogP contribution in [0.5, 0.6) is 5.88 Å². The number of hydrogen-bond acceptors (Lipinski definition) is 5. The van der Waals surface area contributed by atoms with E-state index >= 15 is 0 Å². The lowest BCUT2D eigenvalue weighted by atomic mass is 10.0. The van der Waals surface area contributed by atoms with E-state index in [1.807, 2.05) is 30.3 Å². The van der Waals surface area contributed by atoms with Crippen molar-refractivity contribution >= 4 is 17.3 Å². The summed E-state index contributed by atoms with van der Waals surface area (Å²) < 4.78 is 5.09. The summed E-state index contributed by atoms with van der Waals surface area (Å²) in [6.07, 6.45) is 5.43. The van der Waals surface area contributed by atoms with Gasteiger partial charge in [-0.05, 0) is 34.9 Å². The Bertz CT molecular complexity index is 1150. The molecule has 149 valence electrons. The van der Waals surface area contributed by atoms with Crippen LogP contribution in [0.4, 0.5) is 11.4 Å². The van der Waals surface area contributed by atoms with Gasteiger partial charge in [0, 0.05) is 35.7 Å². The van der Waals surface area contributed by atoms with Gasteiger partial charge in [-0.25, -0.2) is 4.98 Å². The Labute approximate surface area is 173 Å². The molecule has 0 atom stereocenters. The summed E-state index contributed by atoms with van der Waals surface area (Å²) in [5.74, 6) is 0.390. The van der Waals surface area contributed by atoms with Crippen LogP contribution in [0.3, 0.4) is 0 Å². The molecule has 7 heteroatoms. The Hall–Kier alpha value is -4.13. The van der Waals surface area contributed by atoms with Gasteiger partial charge in [0.15, 0.2) is 0 Å². The molecule has 2 heterocycles. The summed E-state index contributed by atoms with van der Waals surface area (Å²) in [7, 11) is 1.58. The van der Waals surface area contributed by atoms with Crippen molar-refractivity contribution in [3.8, 4) is 28.1 Å². The summed E-state index contributed by atoms with van der Waals surface area (Å²) in [5.41, 5.74) is 11.6. The highest BCUT2D eigenvalue weighted by atomic mass is 16.5. The van der Waals surface area contributed by atoms with Gasteiger partial charge in [-0.15, -0.1) is 0 Å². The van der Waals surface area contributed by atoms with Crippen LogP contribution in [0.25, 0.3) is 22.3 Å². The second-order valence-corrected chi connectivity index (χ2v) is 6.72. The fourth-order valence-corrected chi connectivity index (χ4v) is 3.10. The molecule has 0 aliphatic heterocycles. The van der Waals surface area contributed by atoms with Gasteiger partial charge < -0.3 is 15.8 Å². The number of carbonyl (C=O) groups is 1. The number of rotatable bonds is 6. The number of pyridine rings is 1. The molecule has 1 amide bonds. The number of amides is 1. The van der Waals surface area contributed by atoms with Crippen molar-refractivity contribution in [1.29, 1.82) is 0 Å². The topological polar surface area (TPSA) is 106 Å². The van der Waals surface area contributed by atoms with Gasteiger partial charge in [0.25, 0.3) is 0 Å². The maximum absolute atomic E-state index is 12.5. The Morgan fingerprint density at radius 2 is 2.03 bits per heavy atom. The van der Waals surface area contributed by atoms with E-state index in [4.69, 9.17) is 10.5 Å². The standard InChI is InChI=1S/C23H20N5O2/c1-30-23-8-6-18(12-25-23)16-4-2-3-15(9-16)10-22(29)28-21-7-5-17(11-20(21)24)19-13-26-27-14-19/h2-6,8-9,11-14H,10,24H2,1H3,(H,26,27)(H,28,29). The average molecular weight is 398 g/mol. The number of ether oxygens (including phenoxy) is 1. The van der Waals surface area contributed by atoms with E-state index in [0.717, 1.165) is 27.8 Å². The second kappa shape index (κ2) is 8.48. The highest BCUT2D eigenvalue weighted by Gasteiger charge is 2.10. The lowest BCUT2D eigenvalue weighted by Crippen LogP contribution is -2.15. The number of H-pyrrole nitrogens is 1. The molecule has 7 nitrogen and oxygen atoms in total. The number of nitrogens with one attached hydrogen (secondary N) is 2. The van der Waals surface area contributed by atoms with Crippen LogP contribution in [-0.2, 0) is 11.2 Å². The van der Waals surface area contributed by atoms with E-state index in [-0.39, 0.29) is 12.3 Å². The number of hydrogen-bond donors (Lipinski definition) is 3. The van der Waals surface area contributed by atoms with Crippen molar-refractivity contribution < 1.29 is 9.53 Å². The quantitative estimate of drug-likeness (QED) is 0.429. The van der Waals surface area contributed by atoms with Gasteiger partial charge in [0.05, 0.1) is 31.1 Å².